The number of hydrogen-bond donors (Lipinski definition) is 1. The van der Waals surface area contributed by atoms with Gasteiger partial charge in [-0.1, -0.05) is 48.5 Å². The fourth-order valence-corrected chi connectivity index (χ4v) is 1.54. The van der Waals surface area contributed by atoms with E-state index >= 15 is 0 Å². The van der Waals surface area contributed by atoms with Crippen LogP contribution in [0.2, 0.25) is 0 Å². The Bertz CT molecular complexity index is 436. The lowest BCUT2D eigenvalue weighted by Crippen LogP contribution is -1.84. The van der Waals surface area contributed by atoms with Crippen molar-refractivity contribution in [3.8, 4) is 16.9 Å². The number of phenolic OH excluding ortho intramolecular Hbond substituents is 1. The van der Waals surface area contributed by atoms with Crippen molar-refractivity contribution in [2.75, 3.05) is 13.2 Å². The Morgan fingerprint density at radius 2 is 1.39 bits per heavy atom. The first-order valence-corrected chi connectivity index (χ1v) is 6.20. The van der Waals surface area contributed by atoms with Gasteiger partial charge >= 0.3 is 0 Å². The maximum Gasteiger partial charge on any atom is 0.123 e. The molecule has 2 nitrogen and oxygen atoms in total. The topological polar surface area (TPSA) is 29.5 Å². The Kier molecular flexibility index (Phi) is 6.59. The lowest BCUT2D eigenvalue weighted by Gasteiger charge is -2.02. The van der Waals surface area contributed by atoms with Crippen LogP contribution in [0, 0.1) is 0 Å². The third kappa shape index (κ3) is 4.60. The van der Waals surface area contributed by atoms with Crippen molar-refractivity contribution in [1.29, 1.82) is 0 Å². The molecule has 0 aliphatic carbocycles. The summed E-state index contributed by atoms with van der Waals surface area (Å²) < 4.78 is 4.83. The summed E-state index contributed by atoms with van der Waals surface area (Å²) in [6, 6.07) is 17.2. The second-order valence-electron chi connectivity index (χ2n) is 3.66. The van der Waals surface area contributed by atoms with E-state index in [0.717, 1.165) is 24.3 Å². The van der Waals surface area contributed by atoms with Gasteiger partial charge in [0.2, 0.25) is 0 Å². The zero-order valence-electron chi connectivity index (χ0n) is 11.0. The molecule has 0 aliphatic heterocycles. The van der Waals surface area contributed by atoms with Crippen LogP contribution in [0.5, 0.6) is 5.75 Å². The van der Waals surface area contributed by atoms with Crippen molar-refractivity contribution in [2.45, 2.75) is 13.8 Å². The van der Waals surface area contributed by atoms with Crippen LogP contribution in [0.25, 0.3) is 11.1 Å². The molecule has 0 aliphatic rings. The van der Waals surface area contributed by atoms with Crippen LogP contribution in [0.15, 0.2) is 54.6 Å². The Morgan fingerprint density at radius 3 is 1.89 bits per heavy atom. The van der Waals surface area contributed by atoms with Crippen LogP contribution in [0.4, 0.5) is 0 Å². The number of aromatic hydroxyl groups is 1. The molecule has 96 valence electrons. The number of para-hydroxylation sites is 1. The monoisotopic (exact) mass is 244 g/mol. The van der Waals surface area contributed by atoms with Gasteiger partial charge in [0.1, 0.15) is 5.75 Å². The van der Waals surface area contributed by atoms with E-state index in [1.807, 2.05) is 62.4 Å². The fraction of sp³-hybridized carbons (Fsp3) is 0.250. The highest BCUT2D eigenvalue weighted by Crippen LogP contribution is 2.27. The minimum Gasteiger partial charge on any atom is -0.507 e. The molecular formula is C16H20O2. The third-order valence-corrected chi connectivity index (χ3v) is 2.40. The number of ether oxygens (including phenoxy) is 1. The zero-order chi connectivity index (χ0) is 13.2. The van der Waals surface area contributed by atoms with E-state index in [0.29, 0.717) is 5.75 Å². The van der Waals surface area contributed by atoms with Crippen LogP contribution < -0.4 is 0 Å². The van der Waals surface area contributed by atoms with Crippen molar-refractivity contribution in [3.05, 3.63) is 54.6 Å². The molecule has 0 unspecified atom stereocenters. The Balaban J connectivity index is 0.000000280. The standard InChI is InChI=1S/C12H10O.C4H10O/c13-12-9-5-4-8-11(12)10-6-2-1-3-7-10;1-3-5-4-2/h1-9,13H;3-4H2,1-2H3. The number of hydrogen-bond acceptors (Lipinski definition) is 2. The van der Waals surface area contributed by atoms with Crippen LogP contribution in [-0.4, -0.2) is 18.3 Å². The molecule has 0 amide bonds. The van der Waals surface area contributed by atoms with E-state index in [2.05, 4.69) is 0 Å². The largest absolute Gasteiger partial charge is 0.507 e. The SMILES string of the molecule is CCOCC.Oc1ccccc1-c1ccccc1. The summed E-state index contributed by atoms with van der Waals surface area (Å²) in [5, 5.41) is 9.56. The Labute approximate surface area is 109 Å². The summed E-state index contributed by atoms with van der Waals surface area (Å²) in [6.45, 7) is 5.67. The van der Waals surface area contributed by atoms with E-state index in [1.165, 1.54) is 0 Å². The second kappa shape index (κ2) is 8.31. The molecule has 18 heavy (non-hydrogen) atoms. The van der Waals surface area contributed by atoms with Gasteiger partial charge in [-0.15, -0.1) is 0 Å². The first kappa shape index (κ1) is 14.3. The molecule has 0 bridgehead atoms. The minimum absolute atomic E-state index is 0.328. The molecule has 2 rings (SSSR count). The summed E-state index contributed by atoms with van der Waals surface area (Å²) in [7, 11) is 0. The number of rotatable bonds is 3. The van der Waals surface area contributed by atoms with Crippen molar-refractivity contribution in [1.82, 2.24) is 0 Å². The number of benzene rings is 2. The van der Waals surface area contributed by atoms with Gasteiger partial charge in [-0.25, -0.2) is 0 Å². The molecule has 0 saturated heterocycles. The fourth-order valence-electron chi connectivity index (χ4n) is 1.54. The molecule has 2 aromatic carbocycles. The van der Waals surface area contributed by atoms with Crippen molar-refractivity contribution in [2.24, 2.45) is 0 Å². The second-order valence-corrected chi connectivity index (χ2v) is 3.66. The van der Waals surface area contributed by atoms with Gasteiger partial charge in [-0.3, -0.25) is 0 Å². The maximum atomic E-state index is 9.56. The van der Waals surface area contributed by atoms with Gasteiger partial charge in [0.25, 0.3) is 0 Å². The van der Waals surface area contributed by atoms with Gasteiger partial charge in [0.05, 0.1) is 0 Å². The molecule has 0 heterocycles. The van der Waals surface area contributed by atoms with E-state index in [4.69, 9.17) is 4.74 Å². The third-order valence-electron chi connectivity index (χ3n) is 2.40. The van der Waals surface area contributed by atoms with Crippen LogP contribution in [0.3, 0.4) is 0 Å². The predicted molar refractivity (Wildman–Crippen MR) is 75.7 cm³/mol. The van der Waals surface area contributed by atoms with E-state index < -0.39 is 0 Å². The highest BCUT2D eigenvalue weighted by atomic mass is 16.5. The number of phenols is 1. The Hall–Kier alpha value is -1.80. The molecule has 0 atom stereocenters. The normalized spacial score (nSPS) is 9.44. The molecule has 0 aromatic heterocycles. The molecule has 0 fully saturated rings. The minimum atomic E-state index is 0.328. The quantitative estimate of drug-likeness (QED) is 0.880. The van der Waals surface area contributed by atoms with Crippen LogP contribution in [0.1, 0.15) is 13.8 Å². The molecule has 1 N–H and O–H groups in total. The average molecular weight is 244 g/mol. The lowest BCUT2D eigenvalue weighted by molar-refractivity contribution is 0.162. The molecule has 0 saturated carbocycles. The highest BCUT2D eigenvalue weighted by molar-refractivity contribution is 5.69. The summed E-state index contributed by atoms with van der Waals surface area (Å²) in [4.78, 5) is 0. The van der Waals surface area contributed by atoms with Crippen molar-refractivity contribution >= 4 is 0 Å². The first-order valence-electron chi connectivity index (χ1n) is 6.20. The molecular weight excluding hydrogens is 224 g/mol. The van der Waals surface area contributed by atoms with Gasteiger partial charge < -0.3 is 9.84 Å². The van der Waals surface area contributed by atoms with Crippen molar-refractivity contribution in [3.63, 3.8) is 0 Å². The molecule has 2 heteroatoms. The Morgan fingerprint density at radius 1 is 0.833 bits per heavy atom. The molecule has 0 radical (unpaired) electrons. The summed E-state index contributed by atoms with van der Waals surface area (Å²) in [6.07, 6.45) is 0. The summed E-state index contributed by atoms with van der Waals surface area (Å²) in [5.41, 5.74) is 1.92. The van der Waals surface area contributed by atoms with Gasteiger partial charge in [0, 0.05) is 18.8 Å². The summed E-state index contributed by atoms with van der Waals surface area (Å²) >= 11 is 0. The zero-order valence-corrected chi connectivity index (χ0v) is 11.0. The summed E-state index contributed by atoms with van der Waals surface area (Å²) in [5.74, 6) is 0.328. The van der Waals surface area contributed by atoms with Gasteiger partial charge in [-0.05, 0) is 25.5 Å². The van der Waals surface area contributed by atoms with Crippen LogP contribution >= 0.6 is 0 Å². The smallest absolute Gasteiger partial charge is 0.123 e. The lowest BCUT2D eigenvalue weighted by atomic mass is 10.1. The molecule has 2 aromatic rings. The van der Waals surface area contributed by atoms with E-state index in [9.17, 15) is 5.11 Å². The van der Waals surface area contributed by atoms with Gasteiger partial charge in [-0.2, -0.15) is 0 Å². The molecule has 0 spiro atoms. The van der Waals surface area contributed by atoms with E-state index in [-0.39, 0.29) is 0 Å². The van der Waals surface area contributed by atoms with Crippen molar-refractivity contribution < 1.29 is 9.84 Å². The maximum absolute atomic E-state index is 9.56. The average Bonchev–Trinajstić information content (AvgIpc) is 2.42. The van der Waals surface area contributed by atoms with E-state index in [1.54, 1.807) is 6.07 Å². The predicted octanol–water partition coefficient (Wildman–Crippen LogP) is 4.10. The van der Waals surface area contributed by atoms with Gasteiger partial charge in [0.15, 0.2) is 0 Å². The first-order chi connectivity index (χ1) is 8.79. The highest BCUT2D eigenvalue weighted by Gasteiger charge is 2.00. The van der Waals surface area contributed by atoms with Crippen LogP contribution in [-0.2, 0) is 4.74 Å².